The molecule has 0 unspecified atom stereocenters. The van der Waals surface area contributed by atoms with E-state index >= 15 is 8.78 Å². The quantitative estimate of drug-likeness (QED) is 0.121. The van der Waals surface area contributed by atoms with E-state index in [4.69, 9.17) is 14.5 Å². The number of aromatic hydroxyl groups is 1. The molecule has 2 aromatic heterocycles. The summed E-state index contributed by atoms with van der Waals surface area (Å²) in [4.78, 5) is 17.8. The van der Waals surface area contributed by atoms with Gasteiger partial charge in [0.25, 0.3) is 0 Å². The lowest BCUT2D eigenvalue weighted by molar-refractivity contribution is 0.107. The van der Waals surface area contributed by atoms with Crippen LogP contribution in [0.4, 0.5) is 19.0 Å². The first-order chi connectivity index (χ1) is 27.9. The van der Waals surface area contributed by atoms with E-state index in [1.165, 1.54) is 30.5 Å². The molecule has 13 heteroatoms. The summed E-state index contributed by atoms with van der Waals surface area (Å²) in [6, 6.07) is 5.43. The van der Waals surface area contributed by atoms with Crippen molar-refractivity contribution in [2.24, 2.45) is 0 Å². The Balaban J connectivity index is 1.32. The van der Waals surface area contributed by atoms with Crippen LogP contribution in [-0.2, 0) is 4.74 Å². The first-order valence-corrected chi connectivity index (χ1v) is 22.6. The van der Waals surface area contributed by atoms with Crippen LogP contribution in [-0.4, -0.2) is 103 Å². The molecule has 0 saturated carbocycles. The van der Waals surface area contributed by atoms with E-state index in [2.05, 4.69) is 68.3 Å². The van der Waals surface area contributed by atoms with E-state index in [1.54, 1.807) is 7.11 Å². The molecule has 8 rings (SSSR count). The molecule has 4 aliphatic heterocycles. The third-order valence-electron chi connectivity index (χ3n) is 13.3. The molecule has 0 aliphatic carbocycles. The van der Waals surface area contributed by atoms with Crippen molar-refractivity contribution in [1.82, 2.24) is 25.2 Å². The zero-order valence-electron chi connectivity index (χ0n) is 36.0. The van der Waals surface area contributed by atoms with Crippen LogP contribution in [0.5, 0.6) is 11.8 Å². The van der Waals surface area contributed by atoms with Gasteiger partial charge in [0.15, 0.2) is 5.82 Å². The lowest BCUT2D eigenvalue weighted by Gasteiger charge is -2.41. The van der Waals surface area contributed by atoms with Gasteiger partial charge in [0.2, 0.25) is 0 Å². The van der Waals surface area contributed by atoms with Gasteiger partial charge in [-0.05, 0) is 72.4 Å². The van der Waals surface area contributed by atoms with Crippen LogP contribution in [0.3, 0.4) is 0 Å². The van der Waals surface area contributed by atoms with Gasteiger partial charge in [-0.15, -0.1) is 5.54 Å². The number of rotatable bonds is 10. The number of fused-ring (bicyclic) bond motifs is 5. The Labute approximate surface area is 337 Å². The minimum Gasteiger partial charge on any atom is -0.508 e. The fourth-order valence-electron chi connectivity index (χ4n) is 10.8. The SMILES string of the molecule is [2H]C([2H])(Oc1nc(N2C[C@@H]3CC[C@](COC)(C2)N3)c2cnc(-c3cc(O)cc4ccc(F)c(C#C[Si](C(C)C)(C(C)C)C(C)C)c34)c(F)c2n1)[C@@]12CCCN1C[C@H](F)C2. The van der Waals surface area contributed by atoms with Gasteiger partial charge >= 0.3 is 6.01 Å². The fourth-order valence-corrected chi connectivity index (χ4v) is 16.0. The van der Waals surface area contributed by atoms with Crippen molar-refractivity contribution in [3.05, 3.63) is 47.7 Å². The van der Waals surface area contributed by atoms with Gasteiger partial charge < -0.3 is 24.8 Å². The van der Waals surface area contributed by atoms with Crippen LogP contribution in [0, 0.1) is 23.1 Å². The second-order valence-corrected chi connectivity index (χ2v) is 23.3. The molecule has 2 N–H and O–H groups in total. The molecule has 4 saturated heterocycles. The van der Waals surface area contributed by atoms with Gasteiger partial charge in [-0.25, -0.2) is 13.2 Å². The molecule has 57 heavy (non-hydrogen) atoms. The summed E-state index contributed by atoms with van der Waals surface area (Å²) >= 11 is 0. The first-order valence-electron chi connectivity index (χ1n) is 21.4. The number of nitrogens with one attached hydrogen (secondary N) is 1. The number of halogens is 3. The standard InChI is InChI=1S/C44H55F3N6O3Si/c1-26(2)57(27(3)4,28(5)6)16-12-33-36(46)10-9-29-17-32(54)18-34(37(29)33)39-38(47)40-35(20-48-39)41(52-22-31-11-14-43(23-52,51-31)24-55-7)50-42(49-40)56-25-44-13-8-15-53(44)21-30(45)19-44/h9-10,17-18,20,26-28,30-31,51,54H,8,11,13-15,19,21-25H2,1-7H3/t30-,31+,43-,44+/m1/s1/i25D2. The number of alkyl halides is 1. The summed E-state index contributed by atoms with van der Waals surface area (Å²) in [5.74, 6) is 1.96. The third kappa shape index (κ3) is 6.84. The summed E-state index contributed by atoms with van der Waals surface area (Å²) in [5, 5.41) is 15.7. The minimum absolute atomic E-state index is 0.0383. The van der Waals surface area contributed by atoms with E-state index in [9.17, 15) is 12.2 Å². The first kappa shape index (κ1) is 37.3. The van der Waals surface area contributed by atoms with Crippen LogP contribution >= 0.6 is 0 Å². The number of benzene rings is 2. The van der Waals surface area contributed by atoms with Crippen LogP contribution in [0.1, 0.15) is 82.0 Å². The van der Waals surface area contributed by atoms with Crippen molar-refractivity contribution >= 4 is 35.6 Å². The number of methoxy groups -OCH3 is 1. The van der Waals surface area contributed by atoms with Crippen LogP contribution < -0.4 is 15.0 Å². The molecular formula is C44H55F3N6O3Si. The average molecular weight is 803 g/mol. The van der Waals surface area contributed by atoms with E-state index in [-0.39, 0.29) is 80.7 Å². The Kier molecular flexibility index (Phi) is 9.82. The number of ether oxygens (including phenoxy) is 2. The Morgan fingerprint density at radius 2 is 1.86 bits per heavy atom. The van der Waals surface area contributed by atoms with Crippen LogP contribution in [0.2, 0.25) is 16.6 Å². The largest absolute Gasteiger partial charge is 0.508 e. The Hall–Kier alpha value is -3.96. The predicted molar refractivity (Wildman–Crippen MR) is 221 cm³/mol. The number of nitrogens with zero attached hydrogens (tertiary/aromatic N) is 5. The van der Waals surface area contributed by atoms with E-state index < -0.39 is 38.0 Å². The van der Waals surface area contributed by atoms with Crippen molar-refractivity contribution in [1.29, 1.82) is 0 Å². The van der Waals surface area contributed by atoms with E-state index in [1.807, 2.05) is 9.80 Å². The number of aromatic nitrogens is 3. The Morgan fingerprint density at radius 1 is 1.09 bits per heavy atom. The molecule has 2 aromatic carbocycles. The molecule has 4 aromatic rings. The maximum atomic E-state index is 17.6. The third-order valence-corrected chi connectivity index (χ3v) is 19.6. The number of phenolic OH excluding ortho intramolecular Hbond substituents is 1. The zero-order valence-corrected chi connectivity index (χ0v) is 35.0. The number of hydrogen-bond acceptors (Lipinski definition) is 9. The number of anilines is 1. The summed E-state index contributed by atoms with van der Waals surface area (Å²) in [7, 11) is -0.680. The molecule has 2 bridgehead atoms. The summed E-state index contributed by atoms with van der Waals surface area (Å²) < 4.78 is 78.9. The van der Waals surface area contributed by atoms with Gasteiger partial charge in [0.05, 0.1) is 31.4 Å². The summed E-state index contributed by atoms with van der Waals surface area (Å²) in [6.45, 7) is 12.7. The second-order valence-electron chi connectivity index (χ2n) is 17.7. The van der Waals surface area contributed by atoms with Gasteiger partial charge in [0.1, 0.15) is 49.4 Å². The van der Waals surface area contributed by atoms with Crippen LogP contribution in [0.25, 0.3) is 32.9 Å². The van der Waals surface area contributed by atoms with Crippen molar-refractivity contribution in [3.63, 3.8) is 0 Å². The minimum atomic E-state index is -2.42. The predicted octanol–water partition coefficient (Wildman–Crippen LogP) is 8.31. The lowest BCUT2D eigenvalue weighted by atomic mass is 9.95. The lowest BCUT2D eigenvalue weighted by Crippen LogP contribution is -2.61. The molecule has 4 aliphatic rings. The molecule has 304 valence electrons. The van der Waals surface area contributed by atoms with Crippen molar-refractivity contribution < 1.29 is 30.5 Å². The van der Waals surface area contributed by atoms with Gasteiger partial charge in [-0.3, -0.25) is 9.88 Å². The number of piperazine rings is 1. The second kappa shape index (κ2) is 15.0. The number of pyridine rings is 1. The maximum absolute atomic E-state index is 17.6. The zero-order chi connectivity index (χ0) is 42.2. The average Bonchev–Trinajstić information content (AvgIpc) is 3.82. The van der Waals surface area contributed by atoms with E-state index in [0.29, 0.717) is 55.7 Å². The molecule has 4 atom stereocenters. The highest BCUT2D eigenvalue weighted by Crippen LogP contribution is 2.44. The van der Waals surface area contributed by atoms with Crippen molar-refractivity contribution in [3.8, 4) is 34.5 Å². The molecule has 9 nitrogen and oxygen atoms in total. The highest BCUT2D eigenvalue weighted by molar-refractivity contribution is 6.90. The number of phenols is 1. The summed E-state index contributed by atoms with van der Waals surface area (Å²) in [6.07, 6.45) is 3.07. The Morgan fingerprint density at radius 3 is 2.60 bits per heavy atom. The Bertz CT molecular complexity index is 2330. The topological polar surface area (TPSA) is 95.9 Å². The molecule has 4 fully saturated rings. The van der Waals surface area contributed by atoms with Crippen LogP contribution in [0.15, 0.2) is 30.5 Å². The van der Waals surface area contributed by atoms with Crippen molar-refractivity contribution in [2.45, 2.75) is 114 Å². The highest BCUT2D eigenvalue weighted by Gasteiger charge is 2.50. The molecule has 0 radical (unpaired) electrons. The highest BCUT2D eigenvalue weighted by atomic mass is 28.3. The fraction of sp³-hybridized carbons (Fsp3) is 0.568. The monoisotopic (exact) mass is 802 g/mol. The normalized spacial score (nSPS) is 25.7. The summed E-state index contributed by atoms with van der Waals surface area (Å²) in [5.41, 5.74) is 2.70. The van der Waals surface area contributed by atoms with Gasteiger partial charge in [-0.2, -0.15) is 9.97 Å². The van der Waals surface area contributed by atoms with Gasteiger partial charge in [-0.1, -0.05) is 53.5 Å². The molecular weight excluding hydrogens is 746 g/mol. The molecule has 6 heterocycles. The maximum Gasteiger partial charge on any atom is 0.319 e. The molecule has 0 amide bonds. The smallest absolute Gasteiger partial charge is 0.319 e. The molecule has 0 spiro atoms. The van der Waals surface area contributed by atoms with Crippen molar-refractivity contribution in [2.75, 3.05) is 51.4 Å². The number of hydrogen-bond donors (Lipinski definition) is 2. The van der Waals surface area contributed by atoms with Gasteiger partial charge in [0, 0.05) is 56.4 Å². The van der Waals surface area contributed by atoms with E-state index in [0.717, 1.165) is 12.8 Å².